The Hall–Kier alpha value is -2.36. The third-order valence-electron chi connectivity index (χ3n) is 4.79. The van der Waals surface area contributed by atoms with Gasteiger partial charge in [-0.15, -0.1) is 10.2 Å². The highest BCUT2D eigenvalue weighted by Gasteiger charge is 2.36. The summed E-state index contributed by atoms with van der Waals surface area (Å²) < 4.78 is 36.7. The number of sulfone groups is 1. The highest BCUT2D eigenvalue weighted by Crippen LogP contribution is 2.22. The molecule has 10 heteroatoms. The van der Waals surface area contributed by atoms with Crippen LogP contribution in [0.1, 0.15) is 26.7 Å². The molecule has 0 N–H and O–H groups in total. The van der Waals surface area contributed by atoms with Crippen molar-refractivity contribution in [3.8, 4) is 11.4 Å². The van der Waals surface area contributed by atoms with Crippen LogP contribution in [0.25, 0.3) is 11.4 Å². The van der Waals surface area contributed by atoms with E-state index in [2.05, 4.69) is 15.4 Å². The summed E-state index contributed by atoms with van der Waals surface area (Å²) in [6.07, 6.45) is 1.16. The fourth-order valence-electron chi connectivity index (χ4n) is 3.23. The number of benzene rings is 1. The molecule has 1 aromatic heterocycles. The molecule has 1 aliphatic rings. The maximum atomic E-state index is 13.0. The summed E-state index contributed by atoms with van der Waals surface area (Å²) in [4.78, 5) is 15.7. The van der Waals surface area contributed by atoms with Crippen LogP contribution in [0.3, 0.4) is 0 Å². The van der Waals surface area contributed by atoms with Crippen LogP contribution < -0.4 is 0 Å². The van der Waals surface area contributed by atoms with Crippen LogP contribution in [-0.2, 0) is 21.2 Å². The van der Waals surface area contributed by atoms with Crippen molar-refractivity contribution in [1.82, 2.24) is 25.1 Å². The molecular weight excluding hydrogens is 373 g/mol. The molecule has 1 saturated heterocycles. The number of halogens is 1. The Morgan fingerprint density at radius 3 is 2.67 bits per heavy atom. The molecule has 2 aromatic rings. The van der Waals surface area contributed by atoms with E-state index in [4.69, 9.17) is 0 Å². The van der Waals surface area contributed by atoms with E-state index >= 15 is 0 Å². The Kier molecular flexibility index (Phi) is 5.54. The van der Waals surface area contributed by atoms with E-state index in [0.717, 1.165) is 0 Å². The van der Waals surface area contributed by atoms with Crippen LogP contribution >= 0.6 is 0 Å². The minimum absolute atomic E-state index is 0.00526. The number of tetrazole rings is 1. The lowest BCUT2D eigenvalue weighted by molar-refractivity contribution is -0.136. The lowest BCUT2D eigenvalue weighted by Gasteiger charge is -2.33. The molecule has 0 unspecified atom stereocenters. The van der Waals surface area contributed by atoms with Crippen molar-refractivity contribution in [3.63, 3.8) is 0 Å². The van der Waals surface area contributed by atoms with Crippen LogP contribution in [0.4, 0.5) is 4.39 Å². The molecule has 1 aromatic carbocycles. The number of aromatic nitrogens is 4. The Labute approximate surface area is 157 Å². The summed E-state index contributed by atoms with van der Waals surface area (Å²) in [5, 5.41) is 12.0. The van der Waals surface area contributed by atoms with Crippen LogP contribution in [0.5, 0.6) is 0 Å². The Morgan fingerprint density at radius 2 is 2.07 bits per heavy atom. The Balaban J connectivity index is 1.75. The summed E-state index contributed by atoms with van der Waals surface area (Å²) in [6, 6.07) is 5.26. The third kappa shape index (κ3) is 4.49. The van der Waals surface area contributed by atoms with Gasteiger partial charge >= 0.3 is 0 Å². The molecule has 0 saturated carbocycles. The zero-order valence-electron chi connectivity index (χ0n) is 15.2. The van der Waals surface area contributed by atoms with E-state index in [-0.39, 0.29) is 41.9 Å². The first-order chi connectivity index (χ1) is 12.8. The summed E-state index contributed by atoms with van der Waals surface area (Å²) in [5.41, 5.74) is 0.593. The highest BCUT2D eigenvalue weighted by molar-refractivity contribution is 7.91. The van der Waals surface area contributed by atoms with E-state index in [9.17, 15) is 17.6 Å². The molecule has 1 amide bonds. The molecule has 3 rings (SSSR count). The second kappa shape index (κ2) is 7.71. The zero-order valence-corrected chi connectivity index (χ0v) is 16.1. The van der Waals surface area contributed by atoms with Crippen LogP contribution in [0.2, 0.25) is 0 Å². The lowest BCUT2D eigenvalue weighted by atomic mass is 10.1. The van der Waals surface area contributed by atoms with Gasteiger partial charge in [0.25, 0.3) is 0 Å². The van der Waals surface area contributed by atoms with E-state index < -0.39 is 9.84 Å². The molecule has 146 valence electrons. The normalized spacial score (nSPS) is 19.7. The average molecular weight is 395 g/mol. The molecule has 2 heterocycles. The molecule has 8 nitrogen and oxygen atoms in total. The topological polar surface area (TPSA) is 98.1 Å². The van der Waals surface area contributed by atoms with Gasteiger partial charge in [-0.1, -0.05) is 6.92 Å². The van der Waals surface area contributed by atoms with Crippen LogP contribution in [0.15, 0.2) is 24.3 Å². The molecule has 1 aliphatic heterocycles. The molecule has 2 atom stereocenters. The van der Waals surface area contributed by atoms with Gasteiger partial charge in [0.1, 0.15) is 12.4 Å². The van der Waals surface area contributed by atoms with Crippen LogP contribution in [0, 0.1) is 5.82 Å². The molecule has 1 fully saturated rings. The third-order valence-corrected chi connectivity index (χ3v) is 6.54. The minimum Gasteiger partial charge on any atom is -0.334 e. The molecule has 0 bridgehead atoms. The van der Waals surface area contributed by atoms with E-state index in [1.54, 1.807) is 4.90 Å². The van der Waals surface area contributed by atoms with Gasteiger partial charge in [0.05, 0.1) is 11.5 Å². The van der Waals surface area contributed by atoms with Gasteiger partial charge in [-0.25, -0.2) is 12.8 Å². The quantitative estimate of drug-likeness (QED) is 0.731. The van der Waals surface area contributed by atoms with Crippen molar-refractivity contribution in [2.45, 2.75) is 45.3 Å². The standard InChI is InChI=1S/C17H22FN5O3S/c1-3-12(2)23(15-8-9-27(25,26)11-15)16(24)10-22-20-17(19-21-22)13-4-6-14(18)7-5-13/h4-7,12,15H,3,8-11H2,1-2H3/t12-,15-/m0/s1. The fraction of sp³-hybridized carbons (Fsp3) is 0.529. The van der Waals surface area contributed by atoms with Gasteiger partial charge in [-0.3, -0.25) is 4.79 Å². The van der Waals surface area contributed by atoms with Gasteiger partial charge in [0, 0.05) is 17.6 Å². The summed E-state index contributed by atoms with van der Waals surface area (Å²) in [6.45, 7) is 3.73. The van der Waals surface area contributed by atoms with Gasteiger partial charge < -0.3 is 4.90 Å². The molecular formula is C17H22FN5O3S. The molecule has 0 spiro atoms. The number of rotatable bonds is 6. The van der Waals surface area contributed by atoms with Crippen molar-refractivity contribution in [2.24, 2.45) is 0 Å². The maximum Gasteiger partial charge on any atom is 0.246 e. The van der Waals surface area contributed by atoms with Crippen molar-refractivity contribution < 1.29 is 17.6 Å². The lowest BCUT2D eigenvalue weighted by Crippen LogP contribution is -2.48. The summed E-state index contributed by atoms with van der Waals surface area (Å²) in [5.74, 6) is -0.212. The van der Waals surface area contributed by atoms with Crippen molar-refractivity contribution in [1.29, 1.82) is 0 Å². The number of carbonyl (C=O) groups excluding carboxylic acids is 1. The predicted molar refractivity (Wildman–Crippen MR) is 96.9 cm³/mol. The van der Waals surface area contributed by atoms with Gasteiger partial charge in [-0.2, -0.15) is 4.80 Å². The molecule has 27 heavy (non-hydrogen) atoms. The van der Waals surface area contributed by atoms with Crippen LogP contribution in [-0.4, -0.2) is 63.0 Å². The van der Waals surface area contributed by atoms with E-state index in [1.807, 2.05) is 13.8 Å². The largest absolute Gasteiger partial charge is 0.334 e. The molecule has 0 aliphatic carbocycles. The average Bonchev–Trinajstić information content (AvgIpc) is 3.22. The number of hydrogen-bond donors (Lipinski definition) is 0. The Morgan fingerprint density at radius 1 is 1.37 bits per heavy atom. The summed E-state index contributed by atoms with van der Waals surface area (Å²) in [7, 11) is -3.10. The van der Waals surface area contributed by atoms with Crippen molar-refractivity contribution in [2.75, 3.05) is 11.5 Å². The van der Waals surface area contributed by atoms with Crippen molar-refractivity contribution in [3.05, 3.63) is 30.1 Å². The first kappa shape index (κ1) is 19.4. The minimum atomic E-state index is -3.10. The second-order valence-electron chi connectivity index (χ2n) is 6.77. The SMILES string of the molecule is CC[C@H](C)N(C(=O)Cn1nnc(-c2ccc(F)cc2)n1)[C@H]1CCS(=O)(=O)C1. The highest BCUT2D eigenvalue weighted by atomic mass is 32.2. The monoisotopic (exact) mass is 395 g/mol. The fourth-order valence-corrected chi connectivity index (χ4v) is 4.94. The first-order valence-corrected chi connectivity index (χ1v) is 10.7. The van der Waals surface area contributed by atoms with Gasteiger partial charge in [0.2, 0.25) is 11.7 Å². The number of amides is 1. The number of nitrogens with zero attached hydrogens (tertiary/aromatic N) is 5. The van der Waals surface area contributed by atoms with E-state index in [1.165, 1.54) is 29.1 Å². The second-order valence-corrected chi connectivity index (χ2v) is 8.99. The predicted octanol–water partition coefficient (Wildman–Crippen LogP) is 1.29. The van der Waals surface area contributed by atoms with E-state index in [0.29, 0.717) is 24.2 Å². The number of hydrogen-bond acceptors (Lipinski definition) is 6. The summed E-state index contributed by atoms with van der Waals surface area (Å²) >= 11 is 0. The zero-order chi connectivity index (χ0) is 19.6. The van der Waals surface area contributed by atoms with Gasteiger partial charge in [0.15, 0.2) is 9.84 Å². The Bertz CT molecular complexity index is 913. The first-order valence-electron chi connectivity index (χ1n) is 8.84. The maximum absolute atomic E-state index is 13.0. The van der Waals surface area contributed by atoms with Gasteiger partial charge in [-0.05, 0) is 49.2 Å². The number of carbonyl (C=O) groups is 1. The molecule has 0 radical (unpaired) electrons. The van der Waals surface area contributed by atoms with Crippen molar-refractivity contribution >= 4 is 15.7 Å². The smallest absolute Gasteiger partial charge is 0.246 e.